The molecule has 2 atom stereocenters. The average Bonchev–Trinajstić information content (AvgIpc) is 2.29. The summed E-state index contributed by atoms with van der Waals surface area (Å²) in [6, 6.07) is 5.90. The van der Waals surface area contributed by atoms with Gasteiger partial charge in [0.15, 0.2) is 0 Å². The normalized spacial score (nSPS) is 14.1. The summed E-state index contributed by atoms with van der Waals surface area (Å²) in [6.45, 7) is 0. The number of hydrogen-bond acceptors (Lipinski definition) is 4. The Labute approximate surface area is 98.3 Å². The predicted octanol–water partition coefficient (Wildman–Crippen LogP) is 1.29. The van der Waals surface area contributed by atoms with Crippen LogP contribution in [0.4, 0.5) is 0 Å². The van der Waals surface area contributed by atoms with Gasteiger partial charge in [0, 0.05) is 5.88 Å². The van der Waals surface area contributed by atoms with Gasteiger partial charge in [-0.25, -0.2) is 0 Å². The molecule has 5 heteroatoms. The first-order valence-electron chi connectivity index (χ1n) is 4.75. The fourth-order valence-electron chi connectivity index (χ4n) is 1.32. The molecule has 3 N–H and O–H groups in total. The van der Waals surface area contributed by atoms with Crippen molar-refractivity contribution < 1.29 is 15.3 Å². The van der Waals surface area contributed by atoms with Crippen molar-refractivity contribution in [2.45, 2.75) is 18.6 Å². The third-order valence-corrected chi connectivity index (χ3v) is 2.47. The van der Waals surface area contributed by atoms with Gasteiger partial charge < -0.3 is 15.3 Å². The van der Waals surface area contributed by atoms with E-state index >= 15 is 0 Å². The van der Waals surface area contributed by atoms with Crippen molar-refractivity contribution in [2.24, 2.45) is 0 Å². The summed E-state index contributed by atoms with van der Waals surface area (Å²) >= 11 is 5.45. The fourth-order valence-corrected chi connectivity index (χ4v) is 1.54. The van der Waals surface area contributed by atoms with Crippen LogP contribution in [-0.2, 0) is 0 Å². The molecule has 0 amide bonds. The van der Waals surface area contributed by atoms with Gasteiger partial charge in [-0.3, -0.25) is 0 Å². The van der Waals surface area contributed by atoms with Crippen molar-refractivity contribution in [1.29, 1.82) is 5.26 Å². The Morgan fingerprint density at radius 1 is 1.38 bits per heavy atom. The van der Waals surface area contributed by atoms with Crippen molar-refractivity contribution in [2.75, 3.05) is 5.88 Å². The first-order chi connectivity index (χ1) is 7.60. The standard InChI is InChI=1S/C11H12ClNO3/c12-4-3-10(15)11(16)7-1-2-9(14)8(5-7)6-13/h1-2,5,10-11,14-16H,3-4H2. The van der Waals surface area contributed by atoms with E-state index in [-0.39, 0.29) is 23.6 Å². The van der Waals surface area contributed by atoms with Crippen molar-refractivity contribution in [3.05, 3.63) is 29.3 Å². The zero-order valence-electron chi connectivity index (χ0n) is 8.47. The van der Waals surface area contributed by atoms with Gasteiger partial charge >= 0.3 is 0 Å². The Hall–Kier alpha value is -1.28. The second kappa shape index (κ2) is 5.71. The number of aromatic hydroxyl groups is 1. The number of aliphatic hydroxyl groups excluding tert-OH is 2. The van der Waals surface area contributed by atoms with Gasteiger partial charge in [0.2, 0.25) is 0 Å². The summed E-state index contributed by atoms with van der Waals surface area (Å²) in [4.78, 5) is 0. The second-order valence-corrected chi connectivity index (χ2v) is 3.76. The highest BCUT2D eigenvalue weighted by atomic mass is 35.5. The fraction of sp³-hybridized carbons (Fsp3) is 0.364. The molecule has 0 aliphatic rings. The lowest BCUT2D eigenvalue weighted by molar-refractivity contribution is 0.0169. The topological polar surface area (TPSA) is 84.5 Å². The van der Waals surface area contributed by atoms with E-state index in [2.05, 4.69) is 0 Å². The predicted molar refractivity (Wildman–Crippen MR) is 59.1 cm³/mol. The highest BCUT2D eigenvalue weighted by Crippen LogP contribution is 2.24. The smallest absolute Gasteiger partial charge is 0.133 e. The number of halogens is 1. The summed E-state index contributed by atoms with van der Waals surface area (Å²) < 4.78 is 0. The number of alkyl halides is 1. The molecule has 0 bridgehead atoms. The maximum Gasteiger partial charge on any atom is 0.133 e. The van der Waals surface area contributed by atoms with E-state index in [9.17, 15) is 15.3 Å². The van der Waals surface area contributed by atoms with Crippen LogP contribution in [0.3, 0.4) is 0 Å². The molecule has 4 nitrogen and oxygen atoms in total. The Balaban J connectivity index is 2.92. The summed E-state index contributed by atoms with van der Waals surface area (Å²) in [5.74, 6) is 0.0896. The maximum atomic E-state index is 9.73. The Kier molecular flexibility index (Phi) is 4.56. The van der Waals surface area contributed by atoms with Crippen LogP contribution in [-0.4, -0.2) is 27.3 Å². The molecule has 0 saturated heterocycles. The molecular weight excluding hydrogens is 230 g/mol. The van der Waals surface area contributed by atoms with Crippen LogP contribution < -0.4 is 0 Å². The highest BCUT2D eigenvalue weighted by Gasteiger charge is 2.18. The lowest BCUT2D eigenvalue weighted by Crippen LogP contribution is -2.18. The van der Waals surface area contributed by atoms with E-state index < -0.39 is 12.2 Å². The number of hydrogen-bond donors (Lipinski definition) is 3. The molecule has 86 valence electrons. The van der Waals surface area contributed by atoms with Crippen LogP contribution in [0.15, 0.2) is 18.2 Å². The Morgan fingerprint density at radius 2 is 2.06 bits per heavy atom. The van der Waals surface area contributed by atoms with E-state index in [4.69, 9.17) is 16.9 Å². The van der Waals surface area contributed by atoms with Gasteiger partial charge in [-0.2, -0.15) is 5.26 Å². The van der Waals surface area contributed by atoms with E-state index in [1.165, 1.54) is 18.2 Å². The molecule has 0 saturated carbocycles. The number of phenols is 1. The van der Waals surface area contributed by atoms with Gasteiger partial charge in [-0.05, 0) is 24.1 Å². The summed E-state index contributed by atoms with van der Waals surface area (Å²) in [5, 5.41) is 37.2. The minimum atomic E-state index is -1.11. The molecule has 2 unspecified atom stereocenters. The van der Waals surface area contributed by atoms with Gasteiger partial charge in [-0.1, -0.05) is 6.07 Å². The minimum absolute atomic E-state index is 0.0645. The number of aliphatic hydroxyl groups is 2. The Bertz CT molecular complexity index is 403. The molecule has 0 aliphatic heterocycles. The molecule has 1 rings (SSSR count). The zero-order chi connectivity index (χ0) is 12.1. The molecule has 0 fully saturated rings. The van der Waals surface area contributed by atoms with Crippen LogP contribution >= 0.6 is 11.6 Å². The van der Waals surface area contributed by atoms with E-state index in [0.717, 1.165) is 0 Å². The quantitative estimate of drug-likeness (QED) is 0.694. The third kappa shape index (κ3) is 2.86. The Morgan fingerprint density at radius 3 is 2.62 bits per heavy atom. The average molecular weight is 242 g/mol. The number of rotatable bonds is 4. The van der Waals surface area contributed by atoms with E-state index in [0.29, 0.717) is 5.56 Å². The van der Waals surface area contributed by atoms with Crippen LogP contribution in [0.2, 0.25) is 0 Å². The SMILES string of the molecule is N#Cc1cc(C(O)C(O)CCCl)ccc1O. The lowest BCUT2D eigenvalue weighted by Gasteiger charge is -2.17. The van der Waals surface area contributed by atoms with Crippen LogP contribution in [0, 0.1) is 11.3 Å². The molecule has 0 heterocycles. The number of benzene rings is 1. The molecule has 0 aliphatic carbocycles. The largest absolute Gasteiger partial charge is 0.507 e. The molecule has 0 spiro atoms. The molecule has 0 aromatic heterocycles. The number of nitrogens with zero attached hydrogens (tertiary/aromatic N) is 1. The summed E-state index contributed by atoms with van der Waals surface area (Å²) in [7, 11) is 0. The van der Waals surface area contributed by atoms with Crippen molar-refractivity contribution in [1.82, 2.24) is 0 Å². The summed E-state index contributed by atoms with van der Waals surface area (Å²) in [6.07, 6.45) is -1.83. The van der Waals surface area contributed by atoms with Gasteiger partial charge in [0.05, 0.1) is 11.7 Å². The first-order valence-corrected chi connectivity index (χ1v) is 5.28. The van der Waals surface area contributed by atoms with Gasteiger partial charge in [0.1, 0.15) is 17.9 Å². The molecular formula is C11H12ClNO3. The molecule has 1 aromatic rings. The minimum Gasteiger partial charge on any atom is -0.507 e. The molecule has 0 radical (unpaired) electrons. The number of phenolic OH excluding ortho intramolecular Hbond substituents is 1. The number of nitriles is 1. The lowest BCUT2D eigenvalue weighted by atomic mass is 10.0. The van der Waals surface area contributed by atoms with Crippen molar-refractivity contribution in [3.63, 3.8) is 0 Å². The maximum absolute atomic E-state index is 9.73. The van der Waals surface area contributed by atoms with E-state index in [1.807, 2.05) is 0 Å². The second-order valence-electron chi connectivity index (χ2n) is 3.38. The van der Waals surface area contributed by atoms with Gasteiger partial charge in [-0.15, -0.1) is 11.6 Å². The monoisotopic (exact) mass is 241 g/mol. The van der Waals surface area contributed by atoms with Gasteiger partial charge in [0.25, 0.3) is 0 Å². The van der Waals surface area contributed by atoms with Crippen LogP contribution in [0.5, 0.6) is 5.75 Å². The van der Waals surface area contributed by atoms with Crippen LogP contribution in [0.1, 0.15) is 23.7 Å². The van der Waals surface area contributed by atoms with E-state index in [1.54, 1.807) is 6.07 Å². The first kappa shape index (κ1) is 12.8. The molecule has 1 aromatic carbocycles. The zero-order valence-corrected chi connectivity index (χ0v) is 9.22. The van der Waals surface area contributed by atoms with Crippen LogP contribution in [0.25, 0.3) is 0 Å². The third-order valence-electron chi connectivity index (χ3n) is 2.25. The summed E-state index contributed by atoms with van der Waals surface area (Å²) in [5.41, 5.74) is 0.446. The molecule has 16 heavy (non-hydrogen) atoms. The highest BCUT2D eigenvalue weighted by molar-refractivity contribution is 6.17. The van der Waals surface area contributed by atoms with Crippen molar-refractivity contribution >= 4 is 11.6 Å². The van der Waals surface area contributed by atoms with Crippen molar-refractivity contribution in [3.8, 4) is 11.8 Å².